The van der Waals surface area contributed by atoms with Gasteiger partial charge in [-0.05, 0) is 17.2 Å². The summed E-state index contributed by atoms with van der Waals surface area (Å²) in [6.07, 6.45) is 0.119. The molecule has 0 bridgehead atoms. The normalized spacial score (nSPS) is 12.3. The second-order valence-electron chi connectivity index (χ2n) is 4.04. The lowest BCUT2D eigenvalue weighted by atomic mass is 9.99. The lowest BCUT2D eigenvalue weighted by molar-refractivity contribution is 0.0687. The third-order valence-electron chi connectivity index (χ3n) is 2.82. The summed E-state index contributed by atoms with van der Waals surface area (Å²) in [4.78, 5) is 11.0. The van der Waals surface area contributed by atoms with Gasteiger partial charge in [0.25, 0.3) is 0 Å². The maximum Gasteiger partial charge on any atom is 0.339 e. The van der Waals surface area contributed by atoms with Crippen LogP contribution in [-0.2, 0) is 11.3 Å². The van der Waals surface area contributed by atoms with Crippen molar-refractivity contribution in [1.29, 1.82) is 0 Å². The first-order chi connectivity index (χ1) is 9.15. The molecular weight excluding hydrogens is 248 g/mol. The summed E-state index contributed by atoms with van der Waals surface area (Å²) < 4.78 is 10.2. The van der Waals surface area contributed by atoms with Crippen molar-refractivity contribution in [3.8, 4) is 0 Å². The Morgan fingerprint density at radius 3 is 2.79 bits per heavy atom. The van der Waals surface area contributed by atoms with Gasteiger partial charge in [-0.1, -0.05) is 24.3 Å². The number of aliphatic hydroxyl groups excluding tert-OH is 1. The molecule has 0 aliphatic carbocycles. The molecule has 100 valence electrons. The molecule has 1 unspecified atom stereocenters. The molecule has 0 saturated carbocycles. The van der Waals surface area contributed by atoms with Gasteiger partial charge in [-0.25, -0.2) is 4.79 Å². The summed E-state index contributed by atoms with van der Waals surface area (Å²) in [5.74, 6) is -1.11. The zero-order chi connectivity index (χ0) is 13.8. The monoisotopic (exact) mass is 262 g/mol. The molecular formula is C14H14O5. The Morgan fingerprint density at radius 1 is 1.37 bits per heavy atom. The Bertz CT molecular complexity index is 573. The van der Waals surface area contributed by atoms with Gasteiger partial charge in [0.1, 0.15) is 11.7 Å². The first-order valence-corrected chi connectivity index (χ1v) is 5.70. The Hall–Kier alpha value is -2.11. The van der Waals surface area contributed by atoms with Crippen LogP contribution >= 0.6 is 0 Å². The van der Waals surface area contributed by atoms with E-state index in [-0.39, 0.29) is 11.3 Å². The average molecular weight is 262 g/mol. The zero-order valence-electron chi connectivity index (χ0n) is 10.4. The van der Waals surface area contributed by atoms with Gasteiger partial charge < -0.3 is 19.4 Å². The largest absolute Gasteiger partial charge is 0.478 e. The van der Waals surface area contributed by atoms with E-state index in [2.05, 4.69) is 0 Å². The molecule has 2 N–H and O–H groups in total. The highest BCUT2D eigenvalue weighted by atomic mass is 16.5. The van der Waals surface area contributed by atoms with Crippen molar-refractivity contribution >= 4 is 5.97 Å². The van der Waals surface area contributed by atoms with Crippen molar-refractivity contribution in [2.75, 3.05) is 7.11 Å². The SMILES string of the molecule is COCc1ccccc1C(O)c1occc1C(=O)O. The first kappa shape index (κ1) is 13.3. The van der Waals surface area contributed by atoms with E-state index in [1.54, 1.807) is 19.2 Å². The first-order valence-electron chi connectivity index (χ1n) is 5.70. The number of aliphatic hydroxyl groups is 1. The number of carboxylic acids is 1. The van der Waals surface area contributed by atoms with E-state index in [1.165, 1.54) is 12.3 Å². The van der Waals surface area contributed by atoms with Gasteiger partial charge in [-0.15, -0.1) is 0 Å². The zero-order valence-corrected chi connectivity index (χ0v) is 10.4. The number of benzene rings is 1. The van der Waals surface area contributed by atoms with Crippen LogP contribution in [0.2, 0.25) is 0 Å². The minimum atomic E-state index is -1.13. The minimum Gasteiger partial charge on any atom is -0.478 e. The van der Waals surface area contributed by atoms with Gasteiger partial charge in [0.15, 0.2) is 5.76 Å². The van der Waals surface area contributed by atoms with E-state index in [1.807, 2.05) is 12.1 Å². The third-order valence-corrected chi connectivity index (χ3v) is 2.82. The van der Waals surface area contributed by atoms with Crippen LogP contribution in [0.1, 0.15) is 33.3 Å². The fourth-order valence-electron chi connectivity index (χ4n) is 1.94. The molecule has 0 spiro atoms. The highest BCUT2D eigenvalue weighted by Crippen LogP contribution is 2.28. The molecule has 0 fully saturated rings. The van der Waals surface area contributed by atoms with Gasteiger partial charge >= 0.3 is 5.97 Å². The third kappa shape index (κ3) is 2.67. The molecule has 2 aromatic rings. The molecule has 1 aromatic carbocycles. The molecule has 0 amide bonds. The molecule has 1 aromatic heterocycles. The van der Waals surface area contributed by atoms with Crippen molar-refractivity contribution in [2.24, 2.45) is 0 Å². The summed E-state index contributed by atoms with van der Waals surface area (Å²) in [7, 11) is 1.55. The van der Waals surface area contributed by atoms with Crippen molar-refractivity contribution in [1.82, 2.24) is 0 Å². The second kappa shape index (κ2) is 5.69. The quantitative estimate of drug-likeness (QED) is 0.863. The Labute approximate surface area is 110 Å². The van der Waals surface area contributed by atoms with Gasteiger partial charge in [0, 0.05) is 7.11 Å². The molecule has 5 heteroatoms. The number of hydrogen-bond donors (Lipinski definition) is 2. The maximum atomic E-state index is 11.0. The van der Waals surface area contributed by atoms with Crippen LogP contribution in [0.4, 0.5) is 0 Å². The lowest BCUT2D eigenvalue weighted by Gasteiger charge is -2.14. The number of carboxylic acid groups (broad SMARTS) is 1. The van der Waals surface area contributed by atoms with Crippen molar-refractivity contribution in [3.05, 3.63) is 59.0 Å². The molecule has 5 nitrogen and oxygen atoms in total. The maximum absolute atomic E-state index is 11.0. The molecule has 0 radical (unpaired) electrons. The number of aromatic carboxylic acids is 1. The summed E-state index contributed by atoms with van der Waals surface area (Å²) in [6, 6.07) is 8.43. The van der Waals surface area contributed by atoms with E-state index in [0.29, 0.717) is 12.2 Å². The molecule has 2 rings (SSSR count). The highest BCUT2D eigenvalue weighted by Gasteiger charge is 2.23. The molecule has 0 saturated heterocycles. The molecule has 1 heterocycles. The number of rotatable bonds is 5. The van der Waals surface area contributed by atoms with Crippen LogP contribution in [0.3, 0.4) is 0 Å². The van der Waals surface area contributed by atoms with Gasteiger partial charge in [0.2, 0.25) is 0 Å². The molecule has 0 aliphatic rings. The van der Waals surface area contributed by atoms with E-state index >= 15 is 0 Å². The summed E-state index contributed by atoms with van der Waals surface area (Å²) in [5, 5.41) is 19.3. The fraction of sp³-hybridized carbons (Fsp3) is 0.214. The molecule has 19 heavy (non-hydrogen) atoms. The fourth-order valence-corrected chi connectivity index (χ4v) is 1.94. The van der Waals surface area contributed by atoms with Crippen LogP contribution in [0.25, 0.3) is 0 Å². The molecule has 1 atom stereocenters. The average Bonchev–Trinajstić information content (AvgIpc) is 2.88. The van der Waals surface area contributed by atoms with E-state index in [0.717, 1.165) is 5.56 Å². The number of furan rings is 1. The van der Waals surface area contributed by atoms with Crippen LogP contribution in [-0.4, -0.2) is 23.3 Å². The van der Waals surface area contributed by atoms with Crippen LogP contribution in [0.5, 0.6) is 0 Å². The predicted molar refractivity (Wildman–Crippen MR) is 66.9 cm³/mol. The van der Waals surface area contributed by atoms with E-state index in [9.17, 15) is 9.90 Å². The standard InChI is InChI=1S/C14H14O5/c1-18-8-9-4-2-3-5-10(9)12(15)13-11(14(16)17)6-7-19-13/h2-7,12,15H,8H2,1H3,(H,16,17). The number of carbonyl (C=O) groups is 1. The highest BCUT2D eigenvalue weighted by molar-refractivity contribution is 5.88. The Morgan fingerprint density at radius 2 is 2.11 bits per heavy atom. The van der Waals surface area contributed by atoms with Gasteiger partial charge in [0.05, 0.1) is 12.9 Å². The predicted octanol–water partition coefficient (Wildman–Crippen LogP) is 2.21. The summed E-state index contributed by atoms with van der Waals surface area (Å²) in [5.41, 5.74) is 1.31. The van der Waals surface area contributed by atoms with Gasteiger partial charge in [-0.2, -0.15) is 0 Å². The summed E-state index contributed by atoms with van der Waals surface area (Å²) >= 11 is 0. The van der Waals surface area contributed by atoms with Crippen molar-refractivity contribution in [3.63, 3.8) is 0 Å². The second-order valence-corrected chi connectivity index (χ2v) is 4.04. The number of methoxy groups -OCH3 is 1. The Kier molecular flexibility index (Phi) is 3.99. The lowest BCUT2D eigenvalue weighted by Crippen LogP contribution is -2.08. The number of ether oxygens (including phenoxy) is 1. The number of hydrogen-bond acceptors (Lipinski definition) is 4. The smallest absolute Gasteiger partial charge is 0.339 e. The Balaban J connectivity index is 2.41. The van der Waals surface area contributed by atoms with Crippen LogP contribution in [0, 0.1) is 0 Å². The van der Waals surface area contributed by atoms with E-state index < -0.39 is 12.1 Å². The topological polar surface area (TPSA) is 79.9 Å². The molecule has 0 aliphatic heterocycles. The van der Waals surface area contributed by atoms with Crippen LogP contribution < -0.4 is 0 Å². The van der Waals surface area contributed by atoms with E-state index in [4.69, 9.17) is 14.3 Å². The van der Waals surface area contributed by atoms with Gasteiger partial charge in [-0.3, -0.25) is 0 Å². The van der Waals surface area contributed by atoms with Crippen LogP contribution in [0.15, 0.2) is 41.0 Å². The minimum absolute atomic E-state index is 0.0241. The van der Waals surface area contributed by atoms with Crippen molar-refractivity contribution < 1.29 is 24.2 Å². The summed E-state index contributed by atoms with van der Waals surface area (Å²) in [6.45, 7) is 0.330. The van der Waals surface area contributed by atoms with Crippen molar-refractivity contribution in [2.45, 2.75) is 12.7 Å².